The highest BCUT2D eigenvalue weighted by Crippen LogP contribution is 2.26. The van der Waals surface area contributed by atoms with Crippen molar-refractivity contribution >= 4 is 5.91 Å². The van der Waals surface area contributed by atoms with Crippen molar-refractivity contribution in [2.24, 2.45) is 11.8 Å². The molecule has 0 saturated heterocycles. The number of hydrogen-bond acceptors (Lipinski definition) is 2. The fourth-order valence-electron chi connectivity index (χ4n) is 2.65. The Morgan fingerprint density at radius 3 is 2.65 bits per heavy atom. The van der Waals surface area contributed by atoms with Crippen molar-refractivity contribution in [3.05, 3.63) is 0 Å². The first-order chi connectivity index (χ1) is 8.24. The summed E-state index contributed by atoms with van der Waals surface area (Å²) in [5, 5.41) is 6.06. The maximum absolute atomic E-state index is 11.6. The first kappa shape index (κ1) is 14.5. The van der Waals surface area contributed by atoms with Crippen molar-refractivity contribution in [3.63, 3.8) is 0 Å². The number of carbonyl (C=O) groups excluding carboxylic acids is 1. The van der Waals surface area contributed by atoms with Crippen molar-refractivity contribution in [2.75, 3.05) is 20.1 Å². The smallest absolute Gasteiger partial charge is 0.224 e. The Hall–Kier alpha value is -0.570. The third kappa shape index (κ3) is 6.06. The Balaban J connectivity index is 2.01. The molecule has 1 fully saturated rings. The lowest BCUT2D eigenvalue weighted by molar-refractivity contribution is -0.124. The second-order valence-corrected chi connectivity index (χ2v) is 5.40. The van der Waals surface area contributed by atoms with Gasteiger partial charge in [-0.3, -0.25) is 4.79 Å². The van der Waals surface area contributed by atoms with Gasteiger partial charge in [0.15, 0.2) is 0 Å². The Bertz CT molecular complexity index is 212. The van der Waals surface area contributed by atoms with Gasteiger partial charge in [-0.2, -0.15) is 0 Å². The van der Waals surface area contributed by atoms with Crippen LogP contribution >= 0.6 is 0 Å². The van der Waals surface area contributed by atoms with E-state index in [4.69, 9.17) is 0 Å². The van der Waals surface area contributed by atoms with Gasteiger partial charge in [0.1, 0.15) is 0 Å². The molecule has 3 heteroatoms. The molecule has 0 heterocycles. The third-order valence-electron chi connectivity index (χ3n) is 3.77. The van der Waals surface area contributed by atoms with Crippen LogP contribution in [-0.2, 0) is 4.79 Å². The summed E-state index contributed by atoms with van der Waals surface area (Å²) in [4.78, 5) is 11.6. The summed E-state index contributed by atoms with van der Waals surface area (Å²) < 4.78 is 0. The van der Waals surface area contributed by atoms with Gasteiger partial charge in [-0.05, 0) is 25.8 Å². The van der Waals surface area contributed by atoms with E-state index in [1.54, 1.807) is 0 Å². The zero-order valence-electron chi connectivity index (χ0n) is 11.4. The van der Waals surface area contributed by atoms with Crippen LogP contribution < -0.4 is 10.6 Å². The van der Waals surface area contributed by atoms with Gasteiger partial charge in [-0.15, -0.1) is 0 Å². The predicted molar refractivity (Wildman–Crippen MR) is 71.9 cm³/mol. The second-order valence-electron chi connectivity index (χ2n) is 5.40. The fraction of sp³-hybridized carbons (Fsp3) is 0.929. The molecule has 3 nitrogen and oxygen atoms in total. The number of rotatable bonds is 7. The molecule has 2 N–H and O–H groups in total. The minimum Gasteiger partial charge on any atom is -0.356 e. The van der Waals surface area contributed by atoms with Crippen LogP contribution in [0.15, 0.2) is 0 Å². The SMILES string of the molecule is CNCC(C)C(=O)NCCCC1CCCCC1. The second kappa shape index (κ2) is 8.51. The lowest BCUT2D eigenvalue weighted by Gasteiger charge is -2.21. The van der Waals surface area contributed by atoms with E-state index in [9.17, 15) is 4.79 Å². The first-order valence-electron chi connectivity index (χ1n) is 7.16. The van der Waals surface area contributed by atoms with Crippen molar-refractivity contribution < 1.29 is 4.79 Å². The van der Waals surface area contributed by atoms with Crippen LogP contribution in [0.5, 0.6) is 0 Å². The van der Waals surface area contributed by atoms with Gasteiger partial charge in [0.25, 0.3) is 0 Å². The van der Waals surface area contributed by atoms with Crippen molar-refractivity contribution in [1.29, 1.82) is 0 Å². The van der Waals surface area contributed by atoms with Crippen LogP contribution in [0.3, 0.4) is 0 Å². The normalized spacial score (nSPS) is 18.9. The number of amides is 1. The summed E-state index contributed by atoms with van der Waals surface area (Å²) in [6.45, 7) is 3.57. The minimum atomic E-state index is 0.0784. The largest absolute Gasteiger partial charge is 0.356 e. The van der Waals surface area contributed by atoms with Crippen molar-refractivity contribution in [1.82, 2.24) is 10.6 Å². The molecule has 0 bridgehead atoms. The predicted octanol–water partition coefficient (Wildman–Crippen LogP) is 2.32. The standard InChI is InChI=1S/C14H28N2O/c1-12(11-15-2)14(17)16-10-6-9-13-7-4-3-5-8-13/h12-13,15H,3-11H2,1-2H3,(H,16,17). The average molecular weight is 240 g/mol. The first-order valence-corrected chi connectivity index (χ1v) is 7.16. The molecule has 1 atom stereocenters. The van der Waals surface area contributed by atoms with E-state index >= 15 is 0 Å². The van der Waals surface area contributed by atoms with Crippen LogP contribution in [0, 0.1) is 11.8 Å². The molecule has 1 saturated carbocycles. The molecule has 1 amide bonds. The summed E-state index contributed by atoms with van der Waals surface area (Å²) in [7, 11) is 1.88. The number of nitrogens with one attached hydrogen (secondary N) is 2. The summed E-state index contributed by atoms with van der Waals surface area (Å²) >= 11 is 0. The quantitative estimate of drug-likeness (QED) is 0.671. The molecule has 1 unspecified atom stereocenters. The Kier molecular flexibility index (Phi) is 7.25. The Morgan fingerprint density at radius 2 is 2.00 bits per heavy atom. The van der Waals surface area contributed by atoms with Crippen LogP contribution in [0.25, 0.3) is 0 Å². The lowest BCUT2D eigenvalue weighted by atomic mass is 9.86. The average Bonchev–Trinajstić information content (AvgIpc) is 2.36. The molecule has 0 aromatic rings. The van der Waals surface area contributed by atoms with Crippen LogP contribution in [0.1, 0.15) is 51.9 Å². The highest BCUT2D eigenvalue weighted by Gasteiger charge is 2.14. The molecular formula is C14H28N2O. The van der Waals surface area contributed by atoms with E-state index in [1.165, 1.54) is 38.5 Å². The van der Waals surface area contributed by atoms with Crippen molar-refractivity contribution in [2.45, 2.75) is 51.9 Å². The third-order valence-corrected chi connectivity index (χ3v) is 3.77. The highest BCUT2D eigenvalue weighted by molar-refractivity contribution is 5.78. The van der Waals surface area contributed by atoms with Gasteiger partial charge in [0, 0.05) is 19.0 Å². The molecule has 1 rings (SSSR count). The fourth-order valence-corrected chi connectivity index (χ4v) is 2.65. The summed E-state index contributed by atoms with van der Waals surface area (Å²) in [6, 6.07) is 0. The van der Waals surface area contributed by atoms with E-state index in [0.717, 1.165) is 25.4 Å². The van der Waals surface area contributed by atoms with Gasteiger partial charge in [0.2, 0.25) is 5.91 Å². The van der Waals surface area contributed by atoms with E-state index in [2.05, 4.69) is 10.6 Å². The van der Waals surface area contributed by atoms with E-state index in [-0.39, 0.29) is 11.8 Å². The van der Waals surface area contributed by atoms with Gasteiger partial charge in [-0.1, -0.05) is 39.0 Å². The zero-order valence-corrected chi connectivity index (χ0v) is 11.4. The molecule has 0 aromatic heterocycles. The molecule has 1 aliphatic carbocycles. The van der Waals surface area contributed by atoms with E-state index in [0.29, 0.717) is 0 Å². The van der Waals surface area contributed by atoms with Crippen LogP contribution in [0.4, 0.5) is 0 Å². The molecular weight excluding hydrogens is 212 g/mol. The Morgan fingerprint density at radius 1 is 1.29 bits per heavy atom. The van der Waals surface area contributed by atoms with Gasteiger partial charge >= 0.3 is 0 Å². The molecule has 0 aromatic carbocycles. The molecule has 100 valence electrons. The highest BCUT2D eigenvalue weighted by atomic mass is 16.1. The van der Waals surface area contributed by atoms with Gasteiger partial charge < -0.3 is 10.6 Å². The molecule has 17 heavy (non-hydrogen) atoms. The van der Waals surface area contributed by atoms with E-state index in [1.807, 2.05) is 14.0 Å². The summed E-state index contributed by atoms with van der Waals surface area (Å²) in [6.07, 6.45) is 9.50. The molecule has 0 aliphatic heterocycles. The maximum Gasteiger partial charge on any atom is 0.224 e. The lowest BCUT2D eigenvalue weighted by Crippen LogP contribution is -2.34. The molecule has 0 radical (unpaired) electrons. The van der Waals surface area contributed by atoms with E-state index < -0.39 is 0 Å². The number of hydrogen-bond donors (Lipinski definition) is 2. The zero-order chi connectivity index (χ0) is 12.5. The van der Waals surface area contributed by atoms with Crippen molar-refractivity contribution in [3.8, 4) is 0 Å². The minimum absolute atomic E-state index is 0.0784. The monoisotopic (exact) mass is 240 g/mol. The Labute approximate surface area is 106 Å². The number of carbonyl (C=O) groups is 1. The van der Waals surface area contributed by atoms with Gasteiger partial charge in [-0.25, -0.2) is 0 Å². The molecule has 1 aliphatic rings. The van der Waals surface area contributed by atoms with Gasteiger partial charge in [0.05, 0.1) is 0 Å². The maximum atomic E-state index is 11.6. The topological polar surface area (TPSA) is 41.1 Å². The van der Waals surface area contributed by atoms with Crippen LogP contribution in [-0.4, -0.2) is 26.0 Å². The molecule has 0 spiro atoms. The summed E-state index contributed by atoms with van der Waals surface area (Å²) in [5.41, 5.74) is 0. The van der Waals surface area contributed by atoms with Crippen LogP contribution in [0.2, 0.25) is 0 Å². The summed E-state index contributed by atoms with van der Waals surface area (Å²) in [5.74, 6) is 1.19.